The molecule has 4 N–H and O–H groups in total. The van der Waals surface area contributed by atoms with Crippen LogP contribution in [0.15, 0.2) is 18.3 Å². The number of carbonyl (C=O) groups excluding carboxylic acids is 2. The van der Waals surface area contributed by atoms with Crippen LogP contribution in [-0.2, 0) is 14.3 Å². The normalized spacial score (nSPS) is 25.4. The molecular weight excluding hydrogens is 451 g/mol. The molecule has 1 aromatic rings. The summed E-state index contributed by atoms with van der Waals surface area (Å²) in [6.07, 6.45) is -4.03. The Labute approximate surface area is 187 Å². The lowest BCUT2D eigenvalue weighted by Gasteiger charge is -2.31. The molecule has 3 rings (SSSR count). The quantitative estimate of drug-likeness (QED) is 0.523. The summed E-state index contributed by atoms with van der Waals surface area (Å²) in [4.78, 5) is 28.9. The van der Waals surface area contributed by atoms with Gasteiger partial charge in [-0.05, 0) is 42.9 Å². The Bertz CT molecular complexity index is 857. The molecule has 0 aromatic carbocycles. The summed E-state index contributed by atoms with van der Waals surface area (Å²) in [5.74, 6) is -6.02. The zero-order chi connectivity index (χ0) is 24.4. The Morgan fingerprint density at radius 1 is 1.36 bits per heavy atom. The highest BCUT2D eigenvalue weighted by Gasteiger charge is 2.50. The topological polar surface area (TPSA) is 106 Å². The highest BCUT2D eigenvalue weighted by molar-refractivity contribution is 5.94. The molecule has 2 fully saturated rings. The third kappa shape index (κ3) is 6.17. The molecule has 1 aromatic heterocycles. The maximum atomic E-state index is 13.4. The van der Waals surface area contributed by atoms with Crippen LogP contribution in [-0.4, -0.2) is 54.7 Å². The molecule has 0 unspecified atom stereocenters. The minimum absolute atomic E-state index is 0.0180. The molecule has 33 heavy (non-hydrogen) atoms. The molecule has 12 heteroatoms. The number of rotatable bonds is 7. The smallest absolute Gasteiger partial charge is 0.384 e. The fourth-order valence-electron chi connectivity index (χ4n) is 4.48. The monoisotopic (exact) mass is 478 g/mol. The van der Waals surface area contributed by atoms with E-state index in [0.717, 1.165) is 0 Å². The number of aromatic nitrogens is 1. The van der Waals surface area contributed by atoms with Gasteiger partial charge in [-0.2, -0.15) is 13.2 Å². The summed E-state index contributed by atoms with van der Waals surface area (Å²) >= 11 is 0. The summed E-state index contributed by atoms with van der Waals surface area (Å²) in [7, 11) is 1.37. The molecule has 0 radical (unpaired) electrons. The Morgan fingerprint density at radius 3 is 2.61 bits per heavy atom. The number of anilines is 1. The molecule has 7 nitrogen and oxygen atoms in total. The van der Waals surface area contributed by atoms with Gasteiger partial charge in [0, 0.05) is 38.0 Å². The Balaban J connectivity index is 1.70. The maximum absolute atomic E-state index is 13.4. The van der Waals surface area contributed by atoms with Crippen LogP contribution in [0.5, 0.6) is 0 Å². The number of nitrogens with zero attached hydrogens (tertiary/aromatic N) is 1. The van der Waals surface area contributed by atoms with E-state index in [4.69, 9.17) is 10.5 Å². The van der Waals surface area contributed by atoms with Crippen molar-refractivity contribution in [2.75, 3.05) is 19.0 Å². The van der Waals surface area contributed by atoms with Gasteiger partial charge >= 0.3 is 6.18 Å². The summed E-state index contributed by atoms with van der Waals surface area (Å²) in [6, 6.07) is 0.0551. The van der Waals surface area contributed by atoms with Crippen molar-refractivity contribution in [2.24, 2.45) is 17.6 Å². The van der Waals surface area contributed by atoms with Crippen LogP contribution in [0, 0.1) is 11.8 Å². The average Bonchev–Trinajstić information content (AvgIpc) is 3.13. The van der Waals surface area contributed by atoms with Crippen LogP contribution in [0.1, 0.15) is 43.6 Å². The third-order valence-electron chi connectivity index (χ3n) is 6.41. The Hall–Kier alpha value is -2.34. The predicted molar refractivity (Wildman–Crippen MR) is 108 cm³/mol. The summed E-state index contributed by atoms with van der Waals surface area (Å²) in [5, 5.41) is 4.53. The van der Waals surface area contributed by atoms with Gasteiger partial charge in [0.05, 0.1) is 12.6 Å². The number of hydrogen-bond acceptors (Lipinski definition) is 5. The lowest BCUT2D eigenvalue weighted by Crippen LogP contribution is -2.44. The number of ether oxygens (including phenoxy) is 1. The van der Waals surface area contributed by atoms with Gasteiger partial charge in [0.2, 0.25) is 17.7 Å². The number of methoxy groups -OCH3 is 1. The zero-order valence-electron chi connectivity index (χ0n) is 18.0. The first-order chi connectivity index (χ1) is 15.4. The number of hydrogen-bond donors (Lipinski definition) is 3. The van der Waals surface area contributed by atoms with E-state index >= 15 is 0 Å². The van der Waals surface area contributed by atoms with Crippen LogP contribution < -0.4 is 16.4 Å². The van der Waals surface area contributed by atoms with E-state index in [0.29, 0.717) is 5.56 Å². The number of nitrogens with two attached hydrogens (primary N) is 1. The average molecular weight is 478 g/mol. The van der Waals surface area contributed by atoms with Crippen LogP contribution in [0.3, 0.4) is 0 Å². The zero-order valence-corrected chi connectivity index (χ0v) is 18.0. The highest BCUT2D eigenvalue weighted by atomic mass is 19.4. The van der Waals surface area contributed by atoms with Crippen molar-refractivity contribution in [3.8, 4) is 0 Å². The van der Waals surface area contributed by atoms with E-state index in [1.807, 2.05) is 5.32 Å². The Morgan fingerprint density at radius 2 is 2.03 bits per heavy atom. The lowest BCUT2D eigenvalue weighted by atomic mass is 9.82. The molecule has 1 saturated carbocycles. The van der Waals surface area contributed by atoms with Gasteiger partial charge in [0.15, 0.2) is 0 Å². The van der Waals surface area contributed by atoms with Crippen molar-refractivity contribution in [1.82, 2.24) is 10.3 Å². The van der Waals surface area contributed by atoms with Crippen LogP contribution in [0.2, 0.25) is 0 Å². The van der Waals surface area contributed by atoms with Crippen molar-refractivity contribution in [2.45, 2.75) is 62.2 Å². The molecule has 4 atom stereocenters. The number of carbonyl (C=O) groups is 2. The molecule has 1 aliphatic carbocycles. The van der Waals surface area contributed by atoms with Gasteiger partial charge in [0.25, 0.3) is 0 Å². The second-order valence-electron chi connectivity index (χ2n) is 8.69. The number of pyridine rings is 1. The van der Waals surface area contributed by atoms with E-state index in [1.165, 1.54) is 25.4 Å². The molecule has 2 aliphatic rings. The standard InChI is InChI=1S/C21H27F5N4O3/c1-33-10-14(13-9-15(21(24,25)26)29-18(13)31)12-4-7-28-16(8-12)30-19(32)17(27)11-2-5-20(22,23)6-3-11/h4,7-8,11,13-15,17H,2-3,5-6,9-10,27H2,1H3,(H,29,31)(H,28,30,32)/t13-,14-,15-,17-/m0/s1. The minimum Gasteiger partial charge on any atom is -0.384 e. The van der Waals surface area contributed by atoms with Gasteiger partial charge < -0.3 is 21.1 Å². The molecular formula is C21H27F5N4O3. The van der Waals surface area contributed by atoms with Crippen LogP contribution in [0.25, 0.3) is 0 Å². The summed E-state index contributed by atoms with van der Waals surface area (Å²) in [6.45, 7) is -0.0180. The second-order valence-corrected chi connectivity index (χ2v) is 8.69. The predicted octanol–water partition coefficient (Wildman–Crippen LogP) is 2.97. The molecule has 2 amide bonds. The van der Waals surface area contributed by atoms with Gasteiger partial charge in [-0.1, -0.05) is 0 Å². The molecule has 1 aliphatic heterocycles. The van der Waals surface area contributed by atoms with E-state index in [-0.39, 0.29) is 38.1 Å². The lowest BCUT2D eigenvalue weighted by molar-refractivity contribution is -0.155. The molecule has 1 saturated heterocycles. The molecule has 2 heterocycles. The highest BCUT2D eigenvalue weighted by Crippen LogP contribution is 2.39. The first kappa shape index (κ1) is 25.3. The van der Waals surface area contributed by atoms with Gasteiger partial charge in [-0.25, -0.2) is 13.8 Å². The van der Waals surface area contributed by atoms with E-state index in [2.05, 4.69) is 10.3 Å². The minimum atomic E-state index is -4.56. The van der Waals surface area contributed by atoms with Crippen molar-refractivity contribution in [1.29, 1.82) is 0 Å². The van der Waals surface area contributed by atoms with E-state index in [9.17, 15) is 31.5 Å². The van der Waals surface area contributed by atoms with Gasteiger partial charge in [-0.15, -0.1) is 0 Å². The van der Waals surface area contributed by atoms with Crippen molar-refractivity contribution >= 4 is 17.6 Å². The third-order valence-corrected chi connectivity index (χ3v) is 6.41. The summed E-state index contributed by atoms with van der Waals surface area (Å²) in [5.41, 5.74) is 6.45. The number of halogens is 5. The fourth-order valence-corrected chi connectivity index (χ4v) is 4.48. The number of nitrogens with one attached hydrogen (secondary N) is 2. The van der Waals surface area contributed by atoms with E-state index < -0.39 is 60.2 Å². The first-order valence-corrected chi connectivity index (χ1v) is 10.7. The van der Waals surface area contributed by atoms with Crippen molar-refractivity contribution in [3.05, 3.63) is 23.9 Å². The number of alkyl halides is 5. The largest absolute Gasteiger partial charge is 0.408 e. The Kier molecular flexibility index (Phi) is 7.57. The first-order valence-electron chi connectivity index (χ1n) is 10.7. The van der Waals surface area contributed by atoms with Crippen LogP contribution >= 0.6 is 0 Å². The molecule has 184 valence electrons. The SMILES string of the molecule is COC[C@@H](c1ccnc(NC(=O)[C@@H](N)C2CCC(F)(F)CC2)c1)[C@@H]1C[C@@H](C(F)(F)F)NC1=O. The van der Waals surface area contributed by atoms with Crippen molar-refractivity contribution < 1.29 is 36.3 Å². The van der Waals surface area contributed by atoms with Crippen LogP contribution in [0.4, 0.5) is 27.8 Å². The maximum Gasteiger partial charge on any atom is 0.408 e. The fraction of sp³-hybridized carbons (Fsp3) is 0.667. The number of amides is 2. The van der Waals surface area contributed by atoms with Gasteiger partial charge in [0.1, 0.15) is 11.9 Å². The molecule has 0 bridgehead atoms. The van der Waals surface area contributed by atoms with E-state index in [1.54, 1.807) is 0 Å². The van der Waals surface area contributed by atoms with Gasteiger partial charge in [-0.3, -0.25) is 9.59 Å². The second kappa shape index (κ2) is 9.88. The van der Waals surface area contributed by atoms with Crippen molar-refractivity contribution in [3.63, 3.8) is 0 Å². The summed E-state index contributed by atoms with van der Waals surface area (Å²) < 4.78 is 71.1. The molecule has 0 spiro atoms.